The van der Waals surface area contributed by atoms with Crippen LogP contribution in [0.25, 0.3) is 0 Å². The first-order valence-corrected chi connectivity index (χ1v) is 8.30. The van der Waals surface area contributed by atoms with Gasteiger partial charge >= 0.3 is 0 Å². The van der Waals surface area contributed by atoms with Gasteiger partial charge in [-0.3, -0.25) is 0 Å². The fourth-order valence-corrected chi connectivity index (χ4v) is 3.39. The molecule has 21 heavy (non-hydrogen) atoms. The van der Waals surface area contributed by atoms with E-state index in [9.17, 15) is 5.11 Å². The molecule has 0 spiro atoms. The number of hydrogen-bond acceptors (Lipinski definition) is 3. The van der Waals surface area contributed by atoms with Crippen molar-refractivity contribution in [2.75, 3.05) is 24.6 Å². The molecule has 0 saturated carbocycles. The lowest BCUT2D eigenvalue weighted by atomic mass is 9.94. The molecule has 2 N–H and O–H groups in total. The number of aliphatic hydroxyl groups is 1. The zero-order valence-electron chi connectivity index (χ0n) is 13.7. The summed E-state index contributed by atoms with van der Waals surface area (Å²) in [6.45, 7) is 8.71. The smallest absolute Gasteiger partial charge is 0.0610 e. The second-order valence-corrected chi connectivity index (χ2v) is 6.56. The van der Waals surface area contributed by atoms with E-state index in [1.165, 1.54) is 24.1 Å². The molecule has 1 aromatic carbocycles. The van der Waals surface area contributed by atoms with Crippen LogP contribution in [0.15, 0.2) is 24.3 Å². The van der Waals surface area contributed by atoms with Crippen molar-refractivity contribution >= 4 is 5.69 Å². The summed E-state index contributed by atoms with van der Waals surface area (Å²) in [5, 5.41) is 13.0. The van der Waals surface area contributed by atoms with Gasteiger partial charge in [0, 0.05) is 23.8 Å². The van der Waals surface area contributed by atoms with Crippen molar-refractivity contribution in [3.05, 3.63) is 29.8 Å². The van der Waals surface area contributed by atoms with E-state index >= 15 is 0 Å². The zero-order valence-corrected chi connectivity index (χ0v) is 13.7. The normalized spacial score (nSPS) is 21.0. The molecule has 0 amide bonds. The van der Waals surface area contributed by atoms with Crippen LogP contribution in [-0.4, -0.2) is 36.4 Å². The molecular formula is C18H30N2O. The Bertz CT molecular complexity index is 449. The largest absolute Gasteiger partial charge is 0.394 e. The SMILES string of the molecule is CCNC(C)(CO)CCCN1c2ccccc2CCC1C. The predicted molar refractivity (Wildman–Crippen MR) is 90.0 cm³/mol. The number of nitrogens with one attached hydrogen (secondary N) is 1. The van der Waals surface area contributed by atoms with Crippen LogP contribution in [0.4, 0.5) is 5.69 Å². The predicted octanol–water partition coefficient (Wildman–Crippen LogP) is 2.97. The van der Waals surface area contributed by atoms with Gasteiger partial charge in [0.2, 0.25) is 0 Å². The first-order valence-electron chi connectivity index (χ1n) is 8.30. The summed E-state index contributed by atoms with van der Waals surface area (Å²) in [7, 11) is 0. The second kappa shape index (κ2) is 7.28. The molecule has 3 heteroatoms. The van der Waals surface area contributed by atoms with Crippen LogP contribution >= 0.6 is 0 Å². The lowest BCUT2D eigenvalue weighted by Gasteiger charge is -2.38. The van der Waals surface area contributed by atoms with E-state index in [4.69, 9.17) is 0 Å². The molecule has 2 atom stereocenters. The second-order valence-electron chi connectivity index (χ2n) is 6.56. The van der Waals surface area contributed by atoms with Crippen molar-refractivity contribution in [3.63, 3.8) is 0 Å². The van der Waals surface area contributed by atoms with E-state index in [0.717, 1.165) is 25.9 Å². The maximum absolute atomic E-state index is 9.59. The van der Waals surface area contributed by atoms with Gasteiger partial charge in [-0.05, 0) is 57.7 Å². The Morgan fingerprint density at radius 1 is 1.38 bits per heavy atom. The van der Waals surface area contributed by atoms with Crippen LogP contribution in [0.5, 0.6) is 0 Å². The van der Waals surface area contributed by atoms with Crippen molar-refractivity contribution in [1.82, 2.24) is 5.32 Å². The molecule has 0 aliphatic carbocycles. The number of aliphatic hydroxyl groups excluding tert-OH is 1. The highest BCUT2D eigenvalue weighted by atomic mass is 16.3. The molecule has 1 aliphatic rings. The summed E-state index contributed by atoms with van der Waals surface area (Å²) in [6, 6.07) is 9.39. The van der Waals surface area contributed by atoms with Crippen LogP contribution in [0.3, 0.4) is 0 Å². The number of rotatable bonds is 7. The van der Waals surface area contributed by atoms with E-state index in [0.29, 0.717) is 6.04 Å². The van der Waals surface area contributed by atoms with E-state index in [-0.39, 0.29) is 12.1 Å². The first-order chi connectivity index (χ1) is 10.1. The molecule has 0 fully saturated rings. The quantitative estimate of drug-likeness (QED) is 0.810. The molecule has 0 aromatic heterocycles. The van der Waals surface area contributed by atoms with Gasteiger partial charge in [0.1, 0.15) is 0 Å². The topological polar surface area (TPSA) is 35.5 Å². The number of nitrogens with zero attached hydrogens (tertiary/aromatic N) is 1. The van der Waals surface area contributed by atoms with Crippen LogP contribution in [0.2, 0.25) is 0 Å². The van der Waals surface area contributed by atoms with Gasteiger partial charge in [-0.15, -0.1) is 0 Å². The van der Waals surface area contributed by atoms with Crippen molar-refractivity contribution in [3.8, 4) is 0 Å². The highest BCUT2D eigenvalue weighted by Crippen LogP contribution is 2.30. The lowest BCUT2D eigenvalue weighted by molar-refractivity contribution is 0.166. The minimum Gasteiger partial charge on any atom is -0.394 e. The molecule has 1 aliphatic heterocycles. The third-order valence-corrected chi connectivity index (χ3v) is 4.74. The molecule has 0 saturated heterocycles. The van der Waals surface area contributed by atoms with Crippen LogP contribution in [0.1, 0.15) is 45.6 Å². The molecule has 0 bridgehead atoms. The number of aryl methyl sites for hydroxylation is 1. The average molecular weight is 290 g/mol. The van der Waals surface area contributed by atoms with Crippen LogP contribution in [0, 0.1) is 0 Å². The minimum atomic E-state index is -0.146. The molecule has 118 valence electrons. The molecule has 2 unspecified atom stereocenters. The molecule has 2 rings (SSSR count). The average Bonchev–Trinajstić information content (AvgIpc) is 2.50. The summed E-state index contributed by atoms with van der Waals surface area (Å²) in [5.74, 6) is 0. The zero-order chi connectivity index (χ0) is 15.3. The Morgan fingerprint density at radius 2 is 2.14 bits per heavy atom. The third-order valence-electron chi connectivity index (χ3n) is 4.74. The van der Waals surface area contributed by atoms with Gasteiger partial charge in [0.25, 0.3) is 0 Å². The maximum Gasteiger partial charge on any atom is 0.0610 e. The molecule has 1 aromatic rings. The Balaban J connectivity index is 1.96. The van der Waals surface area contributed by atoms with Crippen molar-refractivity contribution in [1.29, 1.82) is 0 Å². The summed E-state index contributed by atoms with van der Waals surface area (Å²) in [5.41, 5.74) is 2.74. The summed E-state index contributed by atoms with van der Waals surface area (Å²) in [4.78, 5) is 2.54. The number of hydrogen-bond donors (Lipinski definition) is 2. The Labute approximate surface area is 129 Å². The highest BCUT2D eigenvalue weighted by molar-refractivity contribution is 5.56. The lowest BCUT2D eigenvalue weighted by Crippen LogP contribution is -2.46. The fraction of sp³-hybridized carbons (Fsp3) is 0.667. The van der Waals surface area contributed by atoms with Gasteiger partial charge in [-0.25, -0.2) is 0 Å². The number of benzene rings is 1. The molecular weight excluding hydrogens is 260 g/mol. The monoisotopic (exact) mass is 290 g/mol. The Morgan fingerprint density at radius 3 is 2.86 bits per heavy atom. The van der Waals surface area contributed by atoms with Crippen molar-refractivity contribution < 1.29 is 5.11 Å². The first kappa shape index (κ1) is 16.3. The minimum absolute atomic E-state index is 0.146. The number of anilines is 1. The van der Waals surface area contributed by atoms with E-state index in [2.05, 4.69) is 55.3 Å². The van der Waals surface area contributed by atoms with Gasteiger partial charge in [0.05, 0.1) is 6.61 Å². The number of likely N-dealkylation sites (N-methyl/N-ethyl adjacent to an activating group) is 1. The highest BCUT2D eigenvalue weighted by Gasteiger charge is 2.25. The summed E-state index contributed by atoms with van der Waals surface area (Å²) >= 11 is 0. The molecule has 1 heterocycles. The Kier molecular flexibility index (Phi) is 5.65. The molecule has 3 nitrogen and oxygen atoms in total. The third kappa shape index (κ3) is 3.98. The van der Waals surface area contributed by atoms with Crippen LogP contribution < -0.4 is 10.2 Å². The van der Waals surface area contributed by atoms with Gasteiger partial charge in [-0.1, -0.05) is 25.1 Å². The van der Waals surface area contributed by atoms with E-state index in [1.54, 1.807) is 0 Å². The molecule has 0 radical (unpaired) electrons. The number of para-hydroxylation sites is 1. The van der Waals surface area contributed by atoms with Gasteiger partial charge in [0.15, 0.2) is 0 Å². The summed E-state index contributed by atoms with van der Waals surface area (Å²) in [6.07, 6.45) is 4.53. The van der Waals surface area contributed by atoms with Crippen molar-refractivity contribution in [2.45, 2.75) is 58.0 Å². The van der Waals surface area contributed by atoms with Crippen molar-refractivity contribution in [2.24, 2.45) is 0 Å². The fourth-order valence-electron chi connectivity index (χ4n) is 3.39. The summed E-state index contributed by atoms with van der Waals surface area (Å²) < 4.78 is 0. The Hall–Kier alpha value is -1.06. The standard InChI is InChI=1S/C18H30N2O/c1-4-19-18(3,14-21)12-7-13-20-15(2)10-11-16-8-5-6-9-17(16)20/h5-6,8-9,15,19,21H,4,7,10-14H2,1-3H3. The van der Waals surface area contributed by atoms with Gasteiger partial charge in [-0.2, -0.15) is 0 Å². The van der Waals surface area contributed by atoms with Gasteiger partial charge < -0.3 is 15.3 Å². The van der Waals surface area contributed by atoms with E-state index in [1.807, 2.05) is 0 Å². The maximum atomic E-state index is 9.59. The van der Waals surface area contributed by atoms with E-state index < -0.39 is 0 Å². The van der Waals surface area contributed by atoms with Crippen LogP contribution in [-0.2, 0) is 6.42 Å². The number of fused-ring (bicyclic) bond motifs is 1.